The second kappa shape index (κ2) is 4.86. The smallest absolute Gasteiger partial charge is 0.419 e. The summed E-state index contributed by atoms with van der Waals surface area (Å²) in [6.07, 6.45) is -1.29. The first kappa shape index (κ1) is 13.0. The van der Waals surface area contributed by atoms with E-state index >= 15 is 0 Å². The highest BCUT2D eigenvalue weighted by Crippen LogP contribution is 2.33. The average Bonchev–Trinajstić information content (AvgIpc) is 2.26. The fourth-order valence-corrected chi connectivity index (χ4v) is 1.04. The minimum absolute atomic E-state index is 0.108. The molecule has 0 aliphatic carbocycles. The van der Waals surface area contributed by atoms with E-state index in [0.29, 0.717) is 0 Å². The third-order valence-corrected chi connectivity index (χ3v) is 1.86. The maximum atomic E-state index is 12.5. The van der Waals surface area contributed by atoms with Crippen molar-refractivity contribution in [1.29, 1.82) is 0 Å². The van der Waals surface area contributed by atoms with Crippen molar-refractivity contribution in [2.75, 3.05) is 12.8 Å². The summed E-state index contributed by atoms with van der Waals surface area (Å²) in [7, 11) is 1.16. The summed E-state index contributed by atoms with van der Waals surface area (Å²) in [6.45, 7) is 0. The van der Waals surface area contributed by atoms with Crippen molar-refractivity contribution in [2.45, 2.75) is 6.18 Å². The Morgan fingerprint density at radius 2 is 2.18 bits per heavy atom. The number of halogens is 3. The lowest BCUT2D eigenvalue weighted by molar-refractivity contribution is -0.137. The molecule has 1 rings (SSSR count). The Hall–Kier alpha value is -2.05. The van der Waals surface area contributed by atoms with E-state index in [2.05, 4.69) is 9.72 Å². The van der Waals surface area contributed by atoms with E-state index in [9.17, 15) is 18.0 Å². The largest absolute Gasteiger partial charge is 0.466 e. The number of hydrogen-bond acceptors (Lipinski definition) is 4. The van der Waals surface area contributed by atoms with Crippen LogP contribution in [-0.2, 0) is 15.7 Å². The summed E-state index contributed by atoms with van der Waals surface area (Å²) in [5.41, 5.74) is 4.18. The standard InChI is InChI=1S/C10H9F3N2O2/c1-17-8(16)3-2-6-4-7(10(11,12)13)9(14)15-5-6/h2-5H,1H3,(H2,14,15). The molecule has 1 heterocycles. The minimum atomic E-state index is -4.58. The van der Waals surface area contributed by atoms with Crippen LogP contribution in [0.2, 0.25) is 0 Å². The van der Waals surface area contributed by atoms with Crippen LogP contribution in [0, 0.1) is 0 Å². The number of rotatable bonds is 2. The number of ether oxygens (including phenoxy) is 1. The molecule has 0 fully saturated rings. The summed E-state index contributed by atoms with van der Waals surface area (Å²) in [5, 5.41) is 0. The quantitative estimate of drug-likeness (QED) is 0.639. The molecule has 0 bridgehead atoms. The molecule has 0 unspecified atom stereocenters. The number of pyridine rings is 1. The van der Waals surface area contributed by atoms with Gasteiger partial charge >= 0.3 is 12.1 Å². The molecule has 0 radical (unpaired) electrons. The molecular weight excluding hydrogens is 237 g/mol. The maximum absolute atomic E-state index is 12.5. The summed E-state index contributed by atoms with van der Waals surface area (Å²) in [5.74, 6) is -1.27. The van der Waals surface area contributed by atoms with E-state index in [1.807, 2.05) is 0 Å². The predicted octanol–water partition coefficient (Wildman–Crippen LogP) is 1.87. The van der Waals surface area contributed by atoms with Crippen LogP contribution in [0.15, 0.2) is 18.3 Å². The molecule has 1 aromatic heterocycles. The van der Waals surface area contributed by atoms with Crippen LogP contribution in [0.3, 0.4) is 0 Å². The summed E-state index contributed by atoms with van der Waals surface area (Å²) in [6, 6.07) is 0.807. The number of nitrogens with two attached hydrogens (primary N) is 1. The van der Waals surface area contributed by atoms with Crippen molar-refractivity contribution >= 4 is 17.9 Å². The molecule has 4 nitrogen and oxygen atoms in total. The van der Waals surface area contributed by atoms with Gasteiger partial charge in [0.2, 0.25) is 0 Å². The Balaban J connectivity index is 3.05. The second-order valence-electron chi connectivity index (χ2n) is 3.06. The van der Waals surface area contributed by atoms with Gasteiger partial charge in [-0.3, -0.25) is 0 Å². The number of alkyl halides is 3. The number of methoxy groups -OCH3 is 1. The number of anilines is 1. The van der Waals surface area contributed by atoms with Gasteiger partial charge in [0.15, 0.2) is 0 Å². The highest BCUT2D eigenvalue weighted by atomic mass is 19.4. The third kappa shape index (κ3) is 3.47. The lowest BCUT2D eigenvalue weighted by Gasteiger charge is -2.09. The number of nitrogen functional groups attached to an aromatic ring is 1. The predicted molar refractivity (Wildman–Crippen MR) is 54.7 cm³/mol. The van der Waals surface area contributed by atoms with Gasteiger partial charge in [0.05, 0.1) is 12.7 Å². The Bertz CT molecular complexity index is 455. The van der Waals surface area contributed by atoms with Gasteiger partial charge in [-0.2, -0.15) is 13.2 Å². The van der Waals surface area contributed by atoms with Crippen molar-refractivity contribution in [2.24, 2.45) is 0 Å². The second-order valence-corrected chi connectivity index (χ2v) is 3.06. The molecule has 0 aromatic carbocycles. The van der Waals surface area contributed by atoms with Crippen LogP contribution in [-0.4, -0.2) is 18.1 Å². The Morgan fingerprint density at radius 3 is 2.71 bits per heavy atom. The highest BCUT2D eigenvalue weighted by Gasteiger charge is 2.33. The number of carbonyl (C=O) groups excluding carboxylic acids is 1. The van der Waals surface area contributed by atoms with Gasteiger partial charge in [-0.15, -0.1) is 0 Å². The lowest BCUT2D eigenvalue weighted by atomic mass is 10.1. The number of carbonyl (C=O) groups is 1. The molecule has 0 aliphatic heterocycles. The molecule has 17 heavy (non-hydrogen) atoms. The summed E-state index contributed by atoms with van der Waals surface area (Å²) in [4.78, 5) is 14.2. The van der Waals surface area contributed by atoms with Gasteiger partial charge in [0.25, 0.3) is 0 Å². The van der Waals surface area contributed by atoms with Crippen LogP contribution < -0.4 is 5.73 Å². The highest BCUT2D eigenvalue weighted by molar-refractivity contribution is 5.86. The zero-order chi connectivity index (χ0) is 13.1. The normalized spacial score (nSPS) is 11.8. The topological polar surface area (TPSA) is 65.2 Å². The van der Waals surface area contributed by atoms with Gasteiger partial charge in [0.1, 0.15) is 5.82 Å². The SMILES string of the molecule is COC(=O)C=Cc1cnc(N)c(C(F)(F)F)c1. The van der Waals surface area contributed by atoms with Gasteiger partial charge in [-0.05, 0) is 17.7 Å². The molecule has 0 saturated carbocycles. The van der Waals surface area contributed by atoms with Crippen molar-refractivity contribution < 1.29 is 22.7 Å². The van der Waals surface area contributed by atoms with E-state index in [1.165, 1.54) is 0 Å². The van der Waals surface area contributed by atoms with Gasteiger partial charge in [0, 0.05) is 12.3 Å². The monoisotopic (exact) mass is 246 g/mol. The van der Waals surface area contributed by atoms with Crippen molar-refractivity contribution in [1.82, 2.24) is 4.98 Å². The average molecular weight is 246 g/mol. The van der Waals surface area contributed by atoms with Gasteiger partial charge in [-0.1, -0.05) is 0 Å². The molecule has 0 saturated heterocycles. The molecular formula is C10H9F3N2O2. The van der Waals surface area contributed by atoms with Crippen LogP contribution in [0.5, 0.6) is 0 Å². The Morgan fingerprint density at radius 1 is 1.53 bits per heavy atom. The Labute approximate surface area is 94.9 Å². The van der Waals surface area contributed by atoms with Crippen molar-refractivity contribution in [3.8, 4) is 0 Å². The molecule has 0 aliphatic rings. The first-order chi connectivity index (χ1) is 7.84. The van der Waals surface area contributed by atoms with Crippen LogP contribution in [0.1, 0.15) is 11.1 Å². The first-order valence-corrected chi connectivity index (χ1v) is 4.43. The molecule has 7 heteroatoms. The zero-order valence-corrected chi connectivity index (χ0v) is 8.78. The van der Waals surface area contributed by atoms with E-state index in [4.69, 9.17) is 5.73 Å². The Kier molecular flexibility index (Phi) is 3.72. The summed E-state index contributed by atoms with van der Waals surface area (Å²) >= 11 is 0. The number of hydrogen-bond donors (Lipinski definition) is 1. The molecule has 0 spiro atoms. The number of aromatic nitrogens is 1. The third-order valence-electron chi connectivity index (χ3n) is 1.86. The molecule has 0 amide bonds. The first-order valence-electron chi connectivity index (χ1n) is 4.43. The van der Waals surface area contributed by atoms with Crippen LogP contribution in [0.25, 0.3) is 6.08 Å². The fourth-order valence-electron chi connectivity index (χ4n) is 1.04. The fraction of sp³-hybridized carbons (Fsp3) is 0.200. The molecule has 1 aromatic rings. The van der Waals surface area contributed by atoms with Crippen molar-refractivity contribution in [3.05, 3.63) is 29.5 Å². The molecule has 2 N–H and O–H groups in total. The minimum Gasteiger partial charge on any atom is -0.466 e. The zero-order valence-electron chi connectivity index (χ0n) is 8.78. The number of esters is 1. The van der Waals surface area contributed by atoms with E-state index in [0.717, 1.165) is 31.5 Å². The van der Waals surface area contributed by atoms with Crippen molar-refractivity contribution in [3.63, 3.8) is 0 Å². The van der Waals surface area contributed by atoms with E-state index in [1.54, 1.807) is 0 Å². The maximum Gasteiger partial charge on any atom is 0.419 e. The van der Waals surface area contributed by atoms with E-state index in [-0.39, 0.29) is 5.56 Å². The van der Waals surface area contributed by atoms with Gasteiger partial charge < -0.3 is 10.5 Å². The van der Waals surface area contributed by atoms with E-state index < -0.39 is 23.5 Å². The van der Waals surface area contributed by atoms with Gasteiger partial charge in [-0.25, -0.2) is 9.78 Å². The molecule has 0 atom stereocenters. The lowest BCUT2D eigenvalue weighted by Crippen LogP contribution is -2.10. The van der Waals surface area contributed by atoms with Crippen LogP contribution in [0.4, 0.5) is 19.0 Å². The van der Waals surface area contributed by atoms with Crippen LogP contribution >= 0.6 is 0 Å². The molecule has 92 valence electrons. The number of nitrogens with zero attached hydrogens (tertiary/aromatic N) is 1. The summed E-state index contributed by atoms with van der Waals surface area (Å²) < 4.78 is 41.7.